The molecule has 2 rings (SSSR count). The number of halogens is 2. The van der Waals surface area contributed by atoms with Crippen molar-refractivity contribution in [2.45, 2.75) is 26.5 Å². The number of hydrogen-bond donors (Lipinski definition) is 2. The van der Waals surface area contributed by atoms with E-state index in [-0.39, 0.29) is 17.7 Å². The Morgan fingerprint density at radius 2 is 1.70 bits per heavy atom. The van der Waals surface area contributed by atoms with Gasteiger partial charge in [-0.2, -0.15) is 8.78 Å². The lowest BCUT2D eigenvalue weighted by Gasteiger charge is -2.14. The van der Waals surface area contributed by atoms with Crippen molar-refractivity contribution in [1.82, 2.24) is 5.32 Å². The minimum Gasteiger partial charge on any atom is -0.435 e. The third-order valence-electron chi connectivity index (χ3n) is 2.95. The van der Waals surface area contributed by atoms with Crippen LogP contribution in [-0.4, -0.2) is 18.6 Å². The molecule has 2 N–H and O–H groups in total. The third-order valence-corrected chi connectivity index (χ3v) is 2.95. The average molecular weight is 320 g/mol. The maximum atomic E-state index is 12.2. The number of para-hydroxylation sites is 1. The lowest BCUT2D eigenvalue weighted by molar-refractivity contribution is -0.0498. The van der Waals surface area contributed by atoms with Gasteiger partial charge >= 0.3 is 6.61 Å². The fourth-order valence-electron chi connectivity index (χ4n) is 2.01. The second-order valence-electron chi connectivity index (χ2n) is 5.20. The van der Waals surface area contributed by atoms with Crippen LogP contribution in [0.4, 0.5) is 20.2 Å². The number of carbonyl (C=O) groups excluding carboxylic acids is 1. The highest BCUT2D eigenvalue weighted by Crippen LogP contribution is 2.23. The van der Waals surface area contributed by atoms with E-state index in [0.29, 0.717) is 16.9 Å². The molecule has 2 aromatic rings. The summed E-state index contributed by atoms with van der Waals surface area (Å²) < 4.78 is 28.6. The molecule has 0 heterocycles. The number of ether oxygens (including phenoxy) is 1. The molecule has 0 bridgehead atoms. The van der Waals surface area contributed by atoms with E-state index in [2.05, 4.69) is 15.4 Å². The van der Waals surface area contributed by atoms with Gasteiger partial charge in [0.15, 0.2) is 0 Å². The summed E-state index contributed by atoms with van der Waals surface area (Å²) in [4.78, 5) is 12.2. The summed E-state index contributed by atoms with van der Waals surface area (Å²) in [5.41, 5.74) is 1.80. The summed E-state index contributed by atoms with van der Waals surface area (Å²) >= 11 is 0. The van der Waals surface area contributed by atoms with Crippen LogP contribution >= 0.6 is 0 Å². The van der Waals surface area contributed by atoms with Gasteiger partial charge in [0.05, 0.1) is 11.3 Å². The Labute approximate surface area is 133 Å². The summed E-state index contributed by atoms with van der Waals surface area (Å²) in [6.07, 6.45) is 0. The zero-order valence-electron chi connectivity index (χ0n) is 12.8. The summed E-state index contributed by atoms with van der Waals surface area (Å²) in [6.45, 7) is 0.917. The molecule has 0 spiro atoms. The van der Waals surface area contributed by atoms with E-state index in [9.17, 15) is 13.6 Å². The van der Waals surface area contributed by atoms with Crippen LogP contribution in [0, 0.1) is 0 Å². The van der Waals surface area contributed by atoms with E-state index in [1.807, 2.05) is 19.9 Å². The van der Waals surface area contributed by atoms with Crippen LogP contribution < -0.4 is 15.4 Å². The van der Waals surface area contributed by atoms with Crippen molar-refractivity contribution in [3.8, 4) is 5.75 Å². The maximum absolute atomic E-state index is 12.2. The van der Waals surface area contributed by atoms with Gasteiger partial charge in [-0.05, 0) is 50.2 Å². The van der Waals surface area contributed by atoms with Crippen molar-refractivity contribution in [2.75, 3.05) is 5.32 Å². The first kappa shape index (κ1) is 16.7. The monoisotopic (exact) mass is 320 g/mol. The molecule has 0 aliphatic carbocycles. The smallest absolute Gasteiger partial charge is 0.387 e. The van der Waals surface area contributed by atoms with Crippen molar-refractivity contribution in [3.05, 3.63) is 54.1 Å². The molecule has 0 atom stereocenters. The highest BCUT2D eigenvalue weighted by Gasteiger charge is 2.12. The zero-order valence-corrected chi connectivity index (χ0v) is 12.8. The molecule has 0 aromatic heterocycles. The molecule has 0 saturated heterocycles. The Hall–Kier alpha value is -2.63. The van der Waals surface area contributed by atoms with Crippen LogP contribution in [0.1, 0.15) is 24.2 Å². The number of carbonyl (C=O) groups is 1. The number of rotatable bonds is 6. The molecule has 23 heavy (non-hydrogen) atoms. The normalized spacial score (nSPS) is 10.7. The van der Waals surface area contributed by atoms with Crippen molar-refractivity contribution < 1.29 is 18.3 Å². The fraction of sp³-hybridized carbons (Fsp3) is 0.235. The maximum Gasteiger partial charge on any atom is 0.387 e. The van der Waals surface area contributed by atoms with E-state index in [1.54, 1.807) is 30.3 Å². The molecule has 0 radical (unpaired) electrons. The molecular weight excluding hydrogens is 302 g/mol. The summed E-state index contributed by atoms with van der Waals surface area (Å²) in [5.74, 6) is -0.0999. The average Bonchev–Trinajstić information content (AvgIpc) is 2.48. The quantitative estimate of drug-likeness (QED) is 0.840. The van der Waals surface area contributed by atoms with Gasteiger partial charge in [-0.15, -0.1) is 0 Å². The largest absolute Gasteiger partial charge is 0.435 e. The Morgan fingerprint density at radius 1 is 1.04 bits per heavy atom. The van der Waals surface area contributed by atoms with Gasteiger partial charge in [0.1, 0.15) is 5.75 Å². The highest BCUT2D eigenvalue weighted by molar-refractivity contribution is 6.00. The number of amides is 1. The third kappa shape index (κ3) is 4.95. The van der Waals surface area contributed by atoms with E-state index < -0.39 is 6.61 Å². The molecule has 4 nitrogen and oxygen atoms in total. The first-order chi connectivity index (χ1) is 11.0. The van der Waals surface area contributed by atoms with Crippen LogP contribution in [0.3, 0.4) is 0 Å². The van der Waals surface area contributed by atoms with Gasteiger partial charge in [0, 0.05) is 11.7 Å². The molecule has 0 aliphatic rings. The first-order valence-corrected chi connectivity index (χ1v) is 7.17. The van der Waals surface area contributed by atoms with Crippen molar-refractivity contribution >= 4 is 17.3 Å². The lowest BCUT2D eigenvalue weighted by Crippen LogP contribution is -2.30. The SMILES string of the molecule is CC(C)NC(=O)c1ccccc1Nc1ccc(OC(F)F)cc1. The van der Waals surface area contributed by atoms with E-state index in [4.69, 9.17) is 0 Å². The summed E-state index contributed by atoms with van der Waals surface area (Å²) in [6, 6.07) is 13.2. The van der Waals surface area contributed by atoms with E-state index in [1.165, 1.54) is 12.1 Å². The zero-order chi connectivity index (χ0) is 16.8. The molecule has 0 unspecified atom stereocenters. The fourth-order valence-corrected chi connectivity index (χ4v) is 2.01. The van der Waals surface area contributed by atoms with Crippen molar-refractivity contribution in [2.24, 2.45) is 0 Å². The molecule has 1 amide bonds. The van der Waals surface area contributed by atoms with E-state index >= 15 is 0 Å². The van der Waals surface area contributed by atoms with Gasteiger partial charge in [0.25, 0.3) is 5.91 Å². The second-order valence-corrected chi connectivity index (χ2v) is 5.20. The molecular formula is C17H18F2N2O2. The molecule has 122 valence electrons. The number of nitrogens with one attached hydrogen (secondary N) is 2. The number of anilines is 2. The minimum absolute atomic E-state index is 0.0290. The minimum atomic E-state index is -2.85. The standard InChI is InChI=1S/C17H18F2N2O2/c1-11(2)20-16(22)14-5-3-4-6-15(14)21-12-7-9-13(10-8-12)23-17(18)19/h3-11,17,21H,1-2H3,(H,20,22). The highest BCUT2D eigenvalue weighted by atomic mass is 19.3. The Bertz CT molecular complexity index is 658. The predicted octanol–water partition coefficient (Wildman–Crippen LogP) is 4.17. The molecule has 2 aromatic carbocycles. The van der Waals surface area contributed by atoms with Crippen molar-refractivity contribution in [3.63, 3.8) is 0 Å². The van der Waals surface area contributed by atoms with Gasteiger partial charge in [-0.1, -0.05) is 12.1 Å². The molecule has 0 aliphatic heterocycles. The summed E-state index contributed by atoms with van der Waals surface area (Å²) in [7, 11) is 0. The van der Waals surface area contributed by atoms with Crippen LogP contribution in [0.25, 0.3) is 0 Å². The topological polar surface area (TPSA) is 50.4 Å². The molecule has 6 heteroatoms. The second kappa shape index (κ2) is 7.58. The number of alkyl halides is 2. The lowest BCUT2D eigenvalue weighted by atomic mass is 10.1. The van der Waals surface area contributed by atoms with Crippen molar-refractivity contribution in [1.29, 1.82) is 0 Å². The Kier molecular flexibility index (Phi) is 5.51. The van der Waals surface area contributed by atoms with Crippen LogP contribution in [0.15, 0.2) is 48.5 Å². The molecule has 0 fully saturated rings. The van der Waals surface area contributed by atoms with Gasteiger partial charge < -0.3 is 15.4 Å². The van der Waals surface area contributed by atoms with Crippen LogP contribution in [0.2, 0.25) is 0 Å². The van der Waals surface area contributed by atoms with Gasteiger partial charge in [0.2, 0.25) is 0 Å². The Balaban J connectivity index is 2.15. The van der Waals surface area contributed by atoms with E-state index in [0.717, 1.165) is 0 Å². The van der Waals surface area contributed by atoms with Crippen LogP contribution in [0.5, 0.6) is 5.75 Å². The van der Waals surface area contributed by atoms with Crippen LogP contribution in [-0.2, 0) is 0 Å². The first-order valence-electron chi connectivity index (χ1n) is 7.17. The van der Waals surface area contributed by atoms with Gasteiger partial charge in [-0.25, -0.2) is 0 Å². The number of benzene rings is 2. The Morgan fingerprint density at radius 3 is 2.30 bits per heavy atom. The summed E-state index contributed by atoms with van der Waals surface area (Å²) in [5, 5.41) is 5.94. The molecule has 0 saturated carbocycles. The predicted molar refractivity (Wildman–Crippen MR) is 85.4 cm³/mol. The number of hydrogen-bond acceptors (Lipinski definition) is 3. The van der Waals surface area contributed by atoms with Gasteiger partial charge in [-0.3, -0.25) is 4.79 Å².